The van der Waals surface area contributed by atoms with E-state index in [0.29, 0.717) is 37.2 Å². The molecule has 0 aliphatic carbocycles. The number of benzene rings is 2. The van der Waals surface area contributed by atoms with Crippen molar-refractivity contribution >= 4 is 45.4 Å². The largest absolute Gasteiger partial charge is 0.293 e. The maximum atomic E-state index is 13.9. The molecule has 0 aliphatic rings. The molecule has 0 N–H and O–H groups in total. The summed E-state index contributed by atoms with van der Waals surface area (Å²) in [6.07, 6.45) is 1.42. The second-order valence-corrected chi connectivity index (χ2v) is 7.29. The quantitative estimate of drug-likeness (QED) is 0.480. The van der Waals surface area contributed by atoms with Gasteiger partial charge in [-0.15, -0.1) is 11.3 Å². The summed E-state index contributed by atoms with van der Waals surface area (Å²) in [5, 5.41) is 3.39. The zero-order valence-corrected chi connectivity index (χ0v) is 15.4. The van der Waals surface area contributed by atoms with Gasteiger partial charge in [0.05, 0.1) is 34.5 Å². The van der Waals surface area contributed by atoms with Crippen LogP contribution in [0.2, 0.25) is 10.0 Å². The Kier molecular flexibility index (Phi) is 4.48. The van der Waals surface area contributed by atoms with Crippen molar-refractivity contribution < 1.29 is 4.39 Å². The Balaban J connectivity index is 1.72. The monoisotopic (exact) mass is 405 g/mol. The van der Waals surface area contributed by atoms with Gasteiger partial charge in [0.15, 0.2) is 0 Å². The van der Waals surface area contributed by atoms with E-state index in [1.165, 1.54) is 28.3 Å². The summed E-state index contributed by atoms with van der Waals surface area (Å²) in [4.78, 5) is 21.4. The van der Waals surface area contributed by atoms with E-state index in [-0.39, 0.29) is 17.9 Å². The summed E-state index contributed by atoms with van der Waals surface area (Å²) in [7, 11) is 0. The van der Waals surface area contributed by atoms with Gasteiger partial charge in [0, 0.05) is 16.0 Å². The van der Waals surface area contributed by atoms with Crippen LogP contribution in [0.4, 0.5) is 4.39 Å². The summed E-state index contributed by atoms with van der Waals surface area (Å²) in [6.45, 7) is 0.219. The van der Waals surface area contributed by atoms with Crippen molar-refractivity contribution in [1.82, 2.24) is 14.5 Å². The Labute approximate surface area is 161 Å². The maximum Gasteiger partial charge on any atom is 0.261 e. The molecule has 0 aliphatic heterocycles. The van der Waals surface area contributed by atoms with E-state index in [4.69, 9.17) is 23.2 Å². The van der Waals surface area contributed by atoms with Crippen LogP contribution in [0.5, 0.6) is 0 Å². The predicted octanol–water partition coefficient (Wildman–Crippen LogP) is 5.01. The van der Waals surface area contributed by atoms with Crippen molar-refractivity contribution in [2.75, 3.05) is 0 Å². The molecule has 0 saturated heterocycles. The van der Waals surface area contributed by atoms with Gasteiger partial charge in [-0.1, -0.05) is 35.3 Å². The molecule has 4 nitrogen and oxygen atoms in total. The number of nitrogens with zero attached hydrogens (tertiary/aromatic N) is 3. The Morgan fingerprint density at radius 2 is 2.00 bits per heavy atom. The fourth-order valence-corrected chi connectivity index (χ4v) is 4.00. The topological polar surface area (TPSA) is 47.8 Å². The van der Waals surface area contributed by atoms with Gasteiger partial charge in [-0.25, -0.2) is 14.4 Å². The Morgan fingerprint density at radius 1 is 1.19 bits per heavy atom. The van der Waals surface area contributed by atoms with Gasteiger partial charge < -0.3 is 0 Å². The first kappa shape index (κ1) is 17.1. The van der Waals surface area contributed by atoms with Crippen molar-refractivity contribution in [1.29, 1.82) is 0 Å². The SMILES string of the molecule is O=c1c2cc(Cl)cc(Cl)c2ncn1Cc1csc(-c2ccccc2F)n1. The van der Waals surface area contributed by atoms with E-state index < -0.39 is 0 Å². The van der Waals surface area contributed by atoms with Gasteiger partial charge in [-0.3, -0.25) is 9.36 Å². The molecule has 0 amide bonds. The van der Waals surface area contributed by atoms with Crippen LogP contribution in [0, 0.1) is 5.82 Å². The van der Waals surface area contributed by atoms with Gasteiger partial charge >= 0.3 is 0 Å². The summed E-state index contributed by atoms with van der Waals surface area (Å²) in [6, 6.07) is 9.53. The lowest BCUT2D eigenvalue weighted by molar-refractivity contribution is 0.631. The molecule has 8 heteroatoms. The number of aromatic nitrogens is 3. The van der Waals surface area contributed by atoms with Gasteiger partial charge in [0.2, 0.25) is 0 Å². The van der Waals surface area contributed by atoms with Crippen LogP contribution in [0.15, 0.2) is 52.9 Å². The van der Waals surface area contributed by atoms with E-state index in [9.17, 15) is 9.18 Å². The zero-order valence-electron chi connectivity index (χ0n) is 13.1. The van der Waals surface area contributed by atoms with Crippen LogP contribution in [-0.4, -0.2) is 14.5 Å². The van der Waals surface area contributed by atoms with Crippen molar-refractivity contribution in [3.63, 3.8) is 0 Å². The molecular formula is C18H10Cl2FN3OS. The lowest BCUT2D eigenvalue weighted by Crippen LogP contribution is -2.21. The third kappa shape index (κ3) is 3.11. The molecule has 26 heavy (non-hydrogen) atoms. The zero-order chi connectivity index (χ0) is 18.3. The van der Waals surface area contributed by atoms with Crippen LogP contribution < -0.4 is 5.56 Å². The first-order chi connectivity index (χ1) is 12.5. The van der Waals surface area contributed by atoms with Crippen LogP contribution in [0.1, 0.15) is 5.69 Å². The van der Waals surface area contributed by atoms with E-state index in [2.05, 4.69) is 9.97 Å². The third-order valence-electron chi connectivity index (χ3n) is 3.83. The van der Waals surface area contributed by atoms with E-state index >= 15 is 0 Å². The average Bonchev–Trinajstić information content (AvgIpc) is 3.06. The first-order valence-electron chi connectivity index (χ1n) is 7.56. The lowest BCUT2D eigenvalue weighted by atomic mass is 10.2. The molecule has 4 rings (SSSR count). The van der Waals surface area contributed by atoms with Crippen LogP contribution in [0.3, 0.4) is 0 Å². The van der Waals surface area contributed by atoms with E-state index in [0.717, 1.165) is 0 Å². The minimum atomic E-state index is -0.331. The number of hydrogen-bond acceptors (Lipinski definition) is 4. The molecule has 130 valence electrons. The Bertz CT molecular complexity index is 1190. The molecule has 0 radical (unpaired) electrons. The van der Waals surface area contributed by atoms with Gasteiger partial charge in [0.1, 0.15) is 10.8 Å². The molecule has 0 unspecified atom stereocenters. The first-order valence-corrected chi connectivity index (χ1v) is 9.20. The Morgan fingerprint density at radius 3 is 2.81 bits per heavy atom. The molecule has 0 spiro atoms. The molecule has 0 fully saturated rings. The molecule has 2 aromatic heterocycles. The highest BCUT2D eigenvalue weighted by atomic mass is 35.5. The van der Waals surface area contributed by atoms with Gasteiger partial charge in [-0.05, 0) is 24.3 Å². The minimum Gasteiger partial charge on any atom is -0.293 e. The maximum absolute atomic E-state index is 13.9. The van der Waals surface area contributed by atoms with Crippen molar-refractivity contribution in [3.05, 3.63) is 80.0 Å². The number of rotatable bonds is 3. The molecule has 2 aromatic carbocycles. The molecule has 0 bridgehead atoms. The minimum absolute atomic E-state index is 0.219. The average molecular weight is 406 g/mol. The van der Waals surface area contributed by atoms with Gasteiger partial charge in [0.25, 0.3) is 5.56 Å². The van der Waals surface area contributed by atoms with E-state index in [1.807, 2.05) is 0 Å². The van der Waals surface area contributed by atoms with Gasteiger partial charge in [-0.2, -0.15) is 0 Å². The summed E-state index contributed by atoms with van der Waals surface area (Å²) in [5.41, 5.74) is 1.22. The van der Waals surface area contributed by atoms with Crippen molar-refractivity contribution in [3.8, 4) is 10.6 Å². The second kappa shape index (κ2) is 6.79. The summed E-state index contributed by atoms with van der Waals surface area (Å²) >= 11 is 13.4. The van der Waals surface area contributed by atoms with Crippen molar-refractivity contribution in [2.24, 2.45) is 0 Å². The number of thiazole rings is 1. The second-order valence-electron chi connectivity index (χ2n) is 5.59. The molecule has 0 saturated carbocycles. The third-order valence-corrected chi connectivity index (χ3v) is 5.26. The normalized spacial score (nSPS) is 11.2. The van der Waals surface area contributed by atoms with E-state index in [1.54, 1.807) is 35.7 Å². The highest BCUT2D eigenvalue weighted by molar-refractivity contribution is 7.13. The fourth-order valence-electron chi connectivity index (χ4n) is 2.62. The van der Waals surface area contributed by atoms with Crippen LogP contribution in [0.25, 0.3) is 21.5 Å². The summed E-state index contributed by atoms with van der Waals surface area (Å²) in [5.74, 6) is -0.331. The standard InChI is InChI=1S/C18H10Cl2FN3OS/c19-10-5-13-16(14(20)6-10)22-9-24(18(13)25)7-11-8-26-17(23-11)12-3-1-2-4-15(12)21/h1-6,8-9H,7H2. The predicted molar refractivity (Wildman–Crippen MR) is 103 cm³/mol. The smallest absolute Gasteiger partial charge is 0.261 e. The Hall–Kier alpha value is -2.28. The molecule has 0 atom stereocenters. The number of hydrogen-bond donors (Lipinski definition) is 0. The fraction of sp³-hybridized carbons (Fsp3) is 0.0556. The molecule has 4 aromatic rings. The lowest BCUT2D eigenvalue weighted by Gasteiger charge is -2.06. The number of halogens is 3. The summed E-state index contributed by atoms with van der Waals surface area (Å²) < 4.78 is 15.3. The molecular weight excluding hydrogens is 396 g/mol. The number of fused-ring (bicyclic) bond motifs is 1. The van der Waals surface area contributed by atoms with Crippen molar-refractivity contribution in [2.45, 2.75) is 6.54 Å². The molecule has 2 heterocycles. The van der Waals surface area contributed by atoms with Crippen LogP contribution in [-0.2, 0) is 6.54 Å². The highest BCUT2D eigenvalue weighted by Gasteiger charge is 2.12. The highest BCUT2D eigenvalue weighted by Crippen LogP contribution is 2.27. The van der Waals surface area contributed by atoms with Crippen LogP contribution >= 0.6 is 34.5 Å².